The molecule has 1 saturated heterocycles. The van der Waals surface area contributed by atoms with Gasteiger partial charge in [-0.15, -0.1) is 0 Å². The van der Waals surface area contributed by atoms with Crippen molar-refractivity contribution >= 4 is 0 Å². The molecule has 1 heterocycles. The summed E-state index contributed by atoms with van der Waals surface area (Å²) in [6.45, 7) is 8.07. The van der Waals surface area contributed by atoms with Crippen molar-refractivity contribution in [2.24, 2.45) is 5.92 Å². The normalized spacial score (nSPS) is 32.2. The second kappa shape index (κ2) is 4.73. The highest BCUT2D eigenvalue weighted by molar-refractivity contribution is 4.80. The van der Waals surface area contributed by atoms with Crippen LogP contribution in [0.5, 0.6) is 0 Å². The van der Waals surface area contributed by atoms with Gasteiger partial charge in [0.15, 0.2) is 0 Å². The molecule has 11 heavy (non-hydrogen) atoms. The maximum absolute atomic E-state index is 3.56. The van der Waals surface area contributed by atoms with Crippen LogP contribution in [-0.4, -0.2) is 25.7 Å². The van der Waals surface area contributed by atoms with Crippen molar-refractivity contribution in [3.05, 3.63) is 0 Å². The largest absolute Gasteiger partial charge is 0.315 e. The lowest BCUT2D eigenvalue weighted by atomic mass is 9.95. The first-order valence-corrected chi connectivity index (χ1v) is 4.78. The van der Waals surface area contributed by atoms with Gasteiger partial charge >= 0.3 is 0 Å². The van der Waals surface area contributed by atoms with E-state index >= 15 is 0 Å². The summed E-state index contributed by atoms with van der Waals surface area (Å²) in [7, 11) is 0. The minimum absolute atomic E-state index is 0.712. The Bertz CT molecular complexity index is 104. The van der Waals surface area contributed by atoms with Crippen LogP contribution in [0, 0.1) is 5.92 Å². The van der Waals surface area contributed by atoms with Gasteiger partial charge in [-0.2, -0.15) is 0 Å². The predicted octanol–water partition coefficient (Wildman–Crippen LogP) is 0.984. The van der Waals surface area contributed by atoms with E-state index in [-0.39, 0.29) is 0 Å². The highest BCUT2D eigenvalue weighted by Gasteiger charge is 2.19. The molecule has 0 aromatic rings. The molecule has 0 spiro atoms. The van der Waals surface area contributed by atoms with E-state index in [4.69, 9.17) is 0 Å². The van der Waals surface area contributed by atoms with Crippen molar-refractivity contribution in [1.29, 1.82) is 0 Å². The van der Waals surface area contributed by atoms with Gasteiger partial charge in [0, 0.05) is 12.6 Å². The third-order valence-electron chi connectivity index (χ3n) is 2.48. The standard InChI is InChI=1S/C9H20N2/c1-3-5-11-9-7-10-6-4-8(9)2/h8-11H,3-7H2,1-2H3. The molecular formula is C9H20N2. The molecule has 1 rings (SSSR count). The van der Waals surface area contributed by atoms with Gasteiger partial charge in [-0.25, -0.2) is 0 Å². The van der Waals surface area contributed by atoms with Gasteiger partial charge in [-0.05, 0) is 31.8 Å². The van der Waals surface area contributed by atoms with Crippen LogP contribution in [0.1, 0.15) is 26.7 Å². The van der Waals surface area contributed by atoms with E-state index in [1.54, 1.807) is 0 Å². The Balaban J connectivity index is 2.18. The second-order valence-electron chi connectivity index (χ2n) is 3.53. The minimum Gasteiger partial charge on any atom is -0.315 e. The van der Waals surface area contributed by atoms with Crippen molar-refractivity contribution < 1.29 is 0 Å². The van der Waals surface area contributed by atoms with Crippen LogP contribution in [0.25, 0.3) is 0 Å². The van der Waals surface area contributed by atoms with Crippen LogP contribution < -0.4 is 10.6 Å². The summed E-state index contributed by atoms with van der Waals surface area (Å²) < 4.78 is 0. The van der Waals surface area contributed by atoms with E-state index in [0.717, 1.165) is 19.0 Å². The Hall–Kier alpha value is -0.0800. The molecule has 1 fully saturated rings. The molecule has 1 aliphatic rings. The van der Waals surface area contributed by atoms with E-state index in [1.807, 2.05) is 0 Å². The molecule has 2 nitrogen and oxygen atoms in total. The van der Waals surface area contributed by atoms with Crippen LogP contribution in [0.4, 0.5) is 0 Å². The molecule has 0 amide bonds. The summed E-state index contributed by atoms with van der Waals surface area (Å²) in [6.07, 6.45) is 2.56. The lowest BCUT2D eigenvalue weighted by molar-refractivity contribution is 0.297. The molecule has 2 N–H and O–H groups in total. The smallest absolute Gasteiger partial charge is 0.0218 e. The van der Waals surface area contributed by atoms with Gasteiger partial charge < -0.3 is 10.6 Å². The summed E-state index contributed by atoms with van der Waals surface area (Å²) in [5.41, 5.74) is 0. The Labute approximate surface area is 69.8 Å². The molecular weight excluding hydrogens is 136 g/mol. The van der Waals surface area contributed by atoms with E-state index in [0.29, 0.717) is 6.04 Å². The molecule has 0 bridgehead atoms. The van der Waals surface area contributed by atoms with Crippen LogP contribution in [0.2, 0.25) is 0 Å². The maximum Gasteiger partial charge on any atom is 0.0218 e. The molecule has 0 aliphatic carbocycles. The van der Waals surface area contributed by atoms with E-state index in [9.17, 15) is 0 Å². The van der Waals surface area contributed by atoms with E-state index < -0.39 is 0 Å². The zero-order chi connectivity index (χ0) is 8.10. The average Bonchev–Trinajstić information content (AvgIpc) is 2.03. The van der Waals surface area contributed by atoms with Gasteiger partial charge in [0.2, 0.25) is 0 Å². The highest BCUT2D eigenvalue weighted by atomic mass is 15.0. The van der Waals surface area contributed by atoms with Crippen LogP contribution in [0.3, 0.4) is 0 Å². The van der Waals surface area contributed by atoms with Crippen LogP contribution in [0.15, 0.2) is 0 Å². The summed E-state index contributed by atoms with van der Waals surface area (Å²) in [5.74, 6) is 0.850. The number of nitrogens with one attached hydrogen (secondary N) is 2. The number of hydrogen-bond acceptors (Lipinski definition) is 2. The zero-order valence-electron chi connectivity index (χ0n) is 7.69. The minimum atomic E-state index is 0.712. The summed E-state index contributed by atoms with van der Waals surface area (Å²) >= 11 is 0. The number of rotatable bonds is 3. The fraction of sp³-hybridized carbons (Fsp3) is 1.00. The van der Waals surface area contributed by atoms with Gasteiger partial charge in [0.1, 0.15) is 0 Å². The van der Waals surface area contributed by atoms with Crippen molar-refractivity contribution in [2.45, 2.75) is 32.7 Å². The Morgan fingerprint density at radius 2 is 2.36 bits per heavy atom. The molecule has 2 atom stereocenters. The lowest BCUT2D eigenvalue weighted by Gasteiger charge is -2.30. The molecule has 0 saturated carbocycles. The number of piperidine rings is 1. The molecule has 0 aromatic carbocycles. The third-order valence-corrected chi connectivity index (χ3v) is 2.48. The van der Waals surface area contributed by atoms with E-state index in [2.05, 4.69) is 24.5 Å². The van der Waals surface area contributed by atoms with Crippen LogP contribution in [-0.2, 0) is 0 Å². The van der Waals surface area contributed by atoms with Gasteiger partial charge in [0.05, 0.1) is 0 Å². The van der Waals surface area contributed by atoms with Crippen molar-refractivity contribution in [3.63, 3.8) is 0 Å². The van der Waals surface area contributed by atoms with Crippen molar-refractivity contribution in [3.8, 4) is 0 Å². The SMILES string of the molecule is CCCNC1CNCCC1C. The fourth-order valence-electron chi connectivity index (χ4n) is 1.59. The molecule has 1 aliphatic heterocycles. The first-order chi connectivity index (χ1) is 5.34. The van der Waals surface area contributed by atoms with Crippen molar-refractivity contribution in [1.82, 2.24) is 10.6 Å². The van der Waals surface area contributed by atoms with Crippen LogP contribution >= 0.6 is 0 Å². The molecule has 2 unspecified atom stereocenters. The molecule has 0 radical (unpaired) electrons. The Kier molecular flexibility index (Phi) is 3.87. The summed E-state index contributed by atoms with van der Waals surface area (Å²) in [4.78, 5) is 0. The fourth-order valence-corrected chi connectivity index (χ4v) is 1.59. The first-order valence-electron chi connectivity index (χ1n) is 4.78. The van der Waals surface area contributed by atoms with Gasteiger partial charge in [-0.3, -0.25) is 0 Å². The lowest BCUT2D eigenvalue weighted by Crippen LogP contribution is -2.48. The predicted molar refractivity (Wildman–Crippen MR) is 48.7 cm³/mol. The maximum atomic E-state index is 3.56. The summed E-state index contributed by atoms with van der Waals surface area (Å²) in [6, 6.07) is 0.712. The Morgan fingerprint density at radius 3 is 3.00 bits per heavy atom. The zero-order valence-corrected chi connectivity index (χ0v) is 7.69. The number of hydrogen-bond donors (Lipinski definition) is 2. The van der Waals surface area contributed by atoms with E-state index in [1.165, 1.54) is 19.4 Å². The van der Waals surface area contributed by atoms with Crippen molar-refractivity contribution in [2.75, 3.05) is 19.6 Å². The second-order valence-corrected chi connectivity index (χ2v) is 3.53. The highest BCUT2D eigenvalue weighted by Crippen LogP contribution is 2.10. The molecule has 0 aromatic heterocycles. The third kappa shape index (κ3) is 2.80. The average molecular weight is 156 g/mol. The quantitative estimate of drug-likeness (QED) is 0.636. The Morgan fingerprint density at radius 1 is 1.55 bits per heavy atom. The monoisotopic (exact) mass is 156 g/mol. The van der Waals surface area contributed by atoms with Gasteiger partial charge in [-0.1, -0.05) is 13.8 Å². The first kappa shape index (κ1) is 9.01. The molecule has 66 valence electrons. The summed E-state index contributed by atoms with van der Waals surface area (Å²) in [5, 5.41) is 6.97. The topological polar surface area (TPSA) is 24.1 Å². The van der Waals surface area contributed by atoms with Gasteiger partial charge in [0.25, 0.3) is 0 Å². The molecule has 2 heteroatoms.